The normalized spacial score (nSPS) is 11.0. The Bertz CT molecular complexity index is 1630. The second-order valence-corrected chi connectivity index (χ2v) is 10.4. The Morgan fingerprint density at radius 3 is 1.55 bits per heavy atom. The van der Waals surface area contributed by atoms with E-state index in [1.807, 2.05) is 82.3 Å². The molecule has 5 heteroatoms. The zero-order chi connectivity index (χ0) is 27.7. The predicted molar refractivity (Wildman–Crippen MR) is 152 cm³/mol. The summed E-state index contributed by atoms with van der Waals surface area (Å²) in [6.45, 7) is 11.1. The van der Waals surface area contributed by atoms with Crippen LogP contribution < -0.4 is 0 Å². The van der Waals surface area contributed by atoms with Gasteiger partial charge in [-0.05, 0) is 74.9 Å². The monoisotopic (exact) mass is 520 g/mol. The van der Waals surface area contributed by atoms with Gasteiger partial charge in [-0.3, -0.25) is 18.9 Å². The highest BCUT2D eigenvalue weighted by molar-refractivity contribution is 7.47. The third-order valence-electron chi connectivity index (χ3n) is 7.07. The Morgan fingerprint density at radius 2 is 1.08 bits per heavy atom. The van der Waals surface area contributed by atoms with Crippen molar-refractivity contribution < 1.29 is 18.9 Å². The smallest absolute Gasteiger partial charge is 0.253 e. The van der Waals surface area contributed by atoms with E-state index < -0.39 is 14.0 Å². The molecule has 0 aromatic heterocycles. The van der Waals surface area contributed by atoms with Crippen molar-refractivity contribution in [2.45, 2.75) is 41.5 Å². The van der Waals surface area contributed by atoms with Gasteiger partial charge in [0.05, 0.1) is 0 Å². The molecule has 4 aromatic rings. The Labute approximate surface area is 224 Å². The van der Waals surface area contributed by atoms with Gasteiger partial charge >= 0.3 is 0 Å². The molecule has 0 bridgehead atoms. The lowest BCUT2D eigenvalue weighted by molar-refractivity contribution is 0.100. The molecule has 0 aliphatic heterocycles. The third kappa shape index (κ3) is 4.80. The van der Waals surface area contributed by atoms with Crippen LogP contribution in [0.5, 0.6) is 0 Å². The topological polar surface area (TPSA) is 68.3 Å². The fourth-order valence-corrected chi connectivity index (χ4v) is 5.71. The third-order valence-corrected chi connectivity index (χ3v) is 7.46. The van der Waals surface area contributed by atoms with Crippen molar-refractivity contribution in [3.05, 3.63) is 128 Å². The lowest BCUT2D eigenvalue weighted by Gasteiger charge is -2.23. The second kappa shape index (κ2) is 10.8. The number of hydrogen-bond acceptors (Lipinski definition) is 4. The number of ketones is 2. The highest BCUT2D eigenvalue weighted by Crippen LogP contribution is 2.39. The lowest BCUT2D eigenvalue weighted by Crippen LogP contribution is -2.20. The molecule has 0 heterocycles. The lowest BCUT2D eigenvalue weighted by atomic mass is 9.79. The standard InChI is InChI=1S/C33H29O4P/c1-18-12-14-25(20(3)16-18)31(34)29-23(6)27(33(36)38-37)22(5)28(24-10-8-7-9-11-24)30(29)32(35)26-15-13-19(2)17-21(26)4/h7-17H,1-6H3. The molecule has 190 valence electrons. The van der Waals surface area contributed by atoms with Crippen molar-refractivity contribution in [1.29, 1.82) is 0 Å². The highest BCUT2D eigenvalue weighted by Gasteiger charge is 2.32. The molecule has 0 unspecified atom stereocenters. The second-order valence-electron chi connectivity index (χ2n) is 9.81. The van der Waals surface area contributed by atoms with Crippen molar-refractivity contribution >= 4 is 25.6 Å². The van der Waals surface area contributed by atoms with Crippen LogP contribution in [0.1, 0.15) is 75.6 Å². The van der Waals surface area contributed by atoms with E-state index in [1.54, 1.807) is 26.0 Å². The first-order valence-corrected chi connectivity index (χ1v) is 13.2. The molecule has 0 spiro atoms. The van der Waals surface area contributed by atoms with Gasteiger partial charge in [0.2, 0.25) is 8.46 Å². The molecule has 0 atom stereocenters. The maximum atomic E-state index is 14.4. The molecular formula is C33H29O4P. The van der Waals surface area contributed by atoms with Crippen LogP contribution in [0.4, 0.5) is 0 Å². The van der Waals surface area contributed by atoms with Gasteiger partial charge in [0.1, 0.15) is 0 Å². The summed E-state index contributed by atoms with van der Waals surface area (Å²) in [5.41, 5.74) is 6.62. The van der Waals surface area contributed by atoms with Crippen molar-refractivity contribution in [2.24, 2.45) is 0 Å². The molecule has 4 rings (SSSR count). The van der Waals surface area contributed by atoms with Crippen LogP contribution in [0.2, 0.25) is 0 Å². The Hall–Kier alpha value is -4.01. The fraction of sp³-hybridized carbons (Fsp3) is 0.182. The summed E-state index contributed by atoms with van der Waals surface area (Å²) in [7, 11) is -0.678. The fourth-order valence-electron chi connectivity index (χ4n) is 5.28. The van der Waals surface area contributed by atoms with Gasteiger partial charge in [0.25, 0.3) is 5.52 Å². The average molecular weight is 521 g/mol. The minimum atomic E-state index is -0.678. The number of aryl methyl sites for hydroxylation is 4. The molecule has 0 saturated heterocycles. The van der Waals surface area contributed by atoms with Crippen molar-refractivity contribution in [2.75, 3.05) is 0 Å². The van der Waals surface area contributed by atoms with Crippen LogP contribution >= 0.6 is 8.46 Å². The van der Waals surface area contributed by atoms with Gasteiger partial charge in [-0.2, -0.15) is 0 Å². The van der Waals surface area contributed by atoms with Gasteiger partial charge in [-0.15, -0.1) is 0 Å². The molecule has 38 heavy (non-hydrogen) atoms. The summed E-state index contributed by atoms with van der Waals surface area (Å²) < 4.78 is 11.8. The molecular weight excluding hydrogens is 491 g/mol. The maximum Gasteiger partial charge on any atom is 0.253 e. The van der Waals surface area contributed by atoms with E-state index in [0.29, 0.717) is 33.4 Å². The van der Waals surface area contributed by atoms with Gasteiger partial charge in [0, 0.05) is 27.8 Å². The zero-order valence-corrected chi connectivity index (χ0v) is 23.3. The van der Waals surface area contributed by atoms with Gasteiger partial charge in [0.15, 0.2) is 11.6 Å². The summed E-state index contributed by atoms with van der Waals surface area (Å²) in [4.78, 5) is 41.7. The van der Waals surface area contributed by atoms with Crippen LogP contribution in [-0.4, -0.2) is 17.1 Å². The minimum absolute atomic E-state index is 0.165. The van der Waals surface area contributed by atoms with Crippen LogP contribution in [-0.2, 0) is 4.57 Å². The first-order chi connectivity index (χ1) is 18.1. The van der Waals surface area contributed by atoms with E-state index in [9.17, 15) is 18.9 Å². The summed E-state index contributed by atoms with van der Waals surface area (Å²) in [6.07, 6.45) is 0. The van der Waals surface area contributed by atoms with Crippen LogP contribution in [0.15, 0.2) is 66.7 Å². The van der Waals surface area contributed by atoms with E-state index in [-0.39, 0.29) is 28.3 Å². The molecule has 4 aromatic carbocycles. The number of hydrogen-bond donors (Lipinski definition) is 0. The van der Waals surface area contributed by atoms with Crippen molar-refractivity contribution in [3.8, 4) is 11.1 Å². The summed E-state index contributed by atoms with van der Waals surface area (Å²) in [5.74, 6) is -0.638. The maximum absolute atomic E-state index is 14.4. The quantitative estimate of drug-likeness (QED) is 0.182. The number of carbonyl (C=O) groups is 3. The van der Waals surface area contributed by atoms with Crippen molar-refractivity contribution in [3.63, 3.8) is 0 Å². The minimum Gasteiger partial charge on any atom is -0.289 e. The van der Waals surface area contributed by atoms with E-state index in [1.165, 1.54) is 0 Å². The van der Waals surface area contributed by atoms with Crippen LogP contribution in [0.25, 0.3) is 11.1 Å². The number of rotatable bonds is 7. The van der Waals surface area contributed by atoms with E-state index in [2.05, 4.69) is 0 Å². The molecule has 0 fully saturated rings. The van der Waals surface area contributed by atoms with E-state index in [0.717, 1.165) is 22.3 Å². The van der Waals surface area contributed by atoms with E-state index >= 15 is 0 Å². The first kappa shape index (κ1) is 27.0. The number of benzene rings is 4. The largest absolute Gasteiger partial charge is 0.289 e. The average Bonchev–Trinajstić information content (AvgIpc) is 2.88. The molecule has 0 radical (unpaired) electrons. The van der Waals surface area contributed by atoms with Gasteiger partial charge < -0.3 is 0 Å². The summed E-state index contributed by atoms with van der Waals surface area (Å²) >= 11 is 0. The molecule has 0 N–H and O–H groups in total. The Balaban J connectivity index is 2.20. The zero-order valence-electron chi connectivity index (χ0n) is 22.4. The van der Waals surface area contributed by atoms with Crippen LogP contribution in [0.3, 0.4) is 0 Å². The molecule has 0 amide bonds. The highest BCUT2D eigenvalue weighted by atomic mass is 31.1. The molecule has 4 nitrogen and oxygen atoms in total. The molecule has 0 aliphatic carbocycles. The molecule has 0 saturated carbocycles. The number of carbonyl (C=O) groups excluding carboxylic acids is 3. The van der Waals surface area contributed by atoms with Gasteiger partial charge in [-0.1, -0.05) is 77.9 Å². The van der Waals surface area contributed by atoms with Crippen LogP contribution in [0, 0.1) is 41.5 Å². The predicted octanol–water partition coefficient (Wildman–Crippen LogP) is 8.10. The Kier molecular flexibility index (Phi) is 7.66. The van der Waals surface area contributed by atoms with E-state index in [4.69, 9.17) is 0 Å². The SMILES string of the molecule is Cc1ccc(C(=O)c2c(C)c(C(=O)P=O)c(C)c(-c3ccccc3)c2C(=O)c2ccc(C)cc2C)c(C)c1. The summed E-state index contributed by atoms with van der Waals surface area (Å²) in [6, 6.07) is 20.4. The first-order valence-electron chi connectivity index (χ1n) is 12.4. The van der Waals surface area contributed by atoms with Crippen molar-refractivity contribution in [1.82, 2.24) is 0 Å². The summed E-state index contributed by atoms with van der Waals surface area (Å²) in [5, 5.41) is 0. The molecule has 0 aliphatic rings. The Morgan fingerprint density at radius 1 is 0.579 bits per heavy atom. The van der Waals surface area contributed by atoms with Gasteiger partial charge in [-0.25, -0.2) is 0 Å².